The van der Waals surface area contributed by atoms with Gasteiger partial charge in [-0.15, -0.1) is 0 Å². The Morgan fingerprint density at radius 3 is 2.52 bits per heavy atom. The van der Waals surface area contributed by atoms with Crippen molar-refractivity contribution in [2.24, 2.45) is 0 Å². The van der Waals surface area contributed by atoms with E-state index in [0.29, 0.717) is 23.0 Å². The van der Waals surface area contributed by atoms with Gasteiger partial charge in [-0.1, -0.05) is 0 Å². The lowest BCUT2D eigenvalue weighted by atomic mass is 9.93. The summed E-state index contributed by atoms with van der Waals surface area (Å²) in [6, 6.07) is 5.80. The fourth-order valence-electron chi connectivity index (χ4n) is 2.42. The first-order chi connectivity index (χ1) is 11.0. The summed E-state index contributed by atoms with van der Waals surface area (Å²) in [6.45, 7) is 0.151. The minimum Gasteiger partial charge on any atom is -0.489 e. The van der Waals surface area contributed by atoms with E-state index in [9.17, 15) is 18.0 Å². The van der Waals surface area contributed by atoms with Crippen LogP contribution in [0.1, 0.15) is 21.5 Å². The van der Waals surface area contributed by atoms with E-state index in [2.05, 4.69) is 4.74 Å². The van der Waals surface area contributed by atoms with Crippen molar-refractivity contribution in [2.45, 2.75) is 0 Å². The zero-order valence-electron chi connectivity index (χ0n) is 12.0. The van der Waals surface area contributed by atoms with Gasteiger partial charge in [0.15, 0.2) is 11.6 Å². The van der Waals surface area contributed by atoms with Crippen molar-refractivity contribution in [1.82, 2.24) is 0 Å². The highest BCUT2D eigenvalue weighted by Gasteiger charge is 2.22. The first kappa shape index (κ1) is 15.1. The van der Waals surface area contributed by atoms with E-state index in [1.807, 2.05) is 0 Å². The second-order valence-electron chi connectivity index (χ2n) is 4.88. The number of fused-ring (bicyclic) bond motifs is 1. The van der Waals surface area contributed by atoms with E-state index in [1.165, 1.54) is 19.2 Å². The number of carbonyl (C=O) groups excluding carboxylic acids is 1. The van der Waals surface area contributed by atoms with E-state index in [4.69, 9.17) is 4.74 Å². The summed E-state index contributed by atoms with van der Waals surface area (Å²) in [5.41, 5.74) is 0.874. The third kappa shape index (κ3) is 2.67. The third-order valence-electron chi connectivity index (χ3n) is 3.52. The van der Waals surface area contributed by atoms with E-state index < -0.39 is 23.4 Å². The molecule has 0 saturated heterocycles. The summed E-state index contributed by atoms with van der Waals surface area (Å²) in [5.74, 6) is -3.46. The molecule has 0 saturated carbocycles. The molecule has 2 aromatic carbocycles. The van der Waals surface area contributed by atoms with Gasteiger partial charge >= 0.3 is 5.97 Å². The first-order valence-electron chi connectivity index (χ1n) is 6.72. The molecule has 1 heterocycles. The van der Waals surface area contributed by atoms with Crippen molar-refractivity contribution in [3.8, 4) is 5.75 Å². The zero-order valence-corrected chi connectivity index (χ0v) is 12.0. The largest absolute Gasteiger partial charge is 0.489 e. The van der Waals surface area contributed by atoms with E-state index >= 15 is 0 Å². The molecule has 2 aromatic rings. The Morgan fingerprint density at radius 1 is 1.04 bits per heavy atom. The minimum absolute atomic E-state index is 0.101. The molecule has 0 spiro atoms. The Morgan fingerprint density at radius 2 is 1.78 bits per heavy atom. The van der Waals surface area contributed by atoms with Gasteiger partial charge in [-0.25, -0.2) is 18.0 Å². The molecule has 1 aliphatic rings. The fraction of sp³-hybridized carbons (Fsp3) is 0.118. The lowest BCUT2D eigenvalue weighted by Gasteiger charge is -2.20. The van der Waals surface area contributed by atoms with Gasteiger partial charge in [-0.05, 0) is 35.9 Å². The van der Waals surface area contributed by atoms with Gasteiger partial charge in [0, 0.05) is 17.2 Å². The van der Waals surface area contributed by atoms with Gasteiger partial charge < -0.3 is 9.47 Å². The second-order valence-corrected chi connectivity index (χ2v) is 4.88. The molecule has 0 N–H and O–H groups in total. The van der Waals surface area contributed by atoms with E-state index in [1.54, 1.807) is 12.1 Å². The van der Waals surface area contributed by atoms with E-state index in [-0.39, 0.29) is 17.7 Å². The van der Waals surface area contributed by atoms with Crippen molar-refractivity contribution in [3.05, 3.63) is 70.5 Å². The van der Waals surface area contributed by atoms with Crippen LogP contribution in [0.4, 0.5) is 13.2 Å². The molecule has 0 aliphatic carbocycles. The minimum atomic E-state index is -1.26. The molecular formula is C17H11F3O3. The number of hydrogen-bond donors (Lipinski definition) is 0. The van der Waals surface area contributed by atoms with Crippen molar-refractivity contribution in [1.29, 1.82) is 0 Å². The third-order valence-corrected chi connectivity index (χ3v) is 3.52. The predicted octanol–water partition coefficient (Wildman–Crippen LogP) is 3.71. The summed E-state index contributed by atoms with van der Waals surface area (Å²) in [7, 11) is 1.24. The average Bonchev–Trinajstić information content (AvgIpc) is 2.56. The number of ether oxygens (including phenoxy) is 2. The summed E-state index contributed by atoms with van der Waals surface area (Å²) < 4.78 is 50.7. The highest BCUT2D eigenvalue weighted by atomic mass is 19.2. The predicted molar refractivity (Wildman–Crippen MR) is 76.7 cm³/mol. The second kappa shape index (κ2) is 5.79. The van der Waals surface area contributed by atoms with E-state index in [0.717, 1.165) is 6.07 Å². The lowest BCUT2D eigenvalue weighted by Crippen LogP contribution is -2.09. The summed E-state index contributed by atoms with van der Waals surface area (Å²) >= 11 is 0. The van der Waals surface area contributed by atoms with Gasteiger partial charge in [-0.3, -0.25) is 0 Å². The van der Waals surface area contributed by atoms with Crippen LogP contribution in [0.3, 0.4) is 0 Å². The Kier molecular flexibility index (Phi) is 3.82. The smallest absolute Gasteiger partial charge is 0.337 e. The molecule has 0 atom stereocenters. The molecule has 1 aliphatic heterocycles. The standard InChI is InChI=1S/C17H11F3O3/c1-22-17(21)9-2-3-16-12(6-9)10(4-5-23-16)11-7-14(19)15(20)8-13(11)18/h2-4,6-8H,5H2,1H3. The maximum Gasteiger partial charge on any atom is 0.337 e. The van der Waals surface area contributed by atoms with Crippen LogP contribution in [0.5, 0.6) is 5.75 Å². The van der Waals surface area contributed by atoms with Crippen LogP contribution in [0.25, 0.3) is 5.57 Å². The average molecular weight is 320 g/mol. The van der Waals surface area contributed by atoms with Crippen molar-refractivity contribution >= 4 is 11.5 Å². The Bertz CT molecular complexity index is 828. The molecular weight excluding hydrogens is 309 g/mol. The molecule has 0 amide bonds. The molecule has 3 rings (SSSR count). The normalized spacial score (nSPS) is 13.0. The van der Waals surface area contributed by atoms with Crippen molar-refractivity contribution < 1.29 is 27.4 Å². The maximum atomic E-state index is 14.1. The number of rotatable bonds is 2. The molecule has 0 radical (unpaired) electrons. The Hall–Kier alpha value is -2.76. The SMILES string of the molecule is COC(=O)c1ccc2c(c1)C(c1cc(F)c(F)cc1F)=CCO2. The number of halogens is 3. The molecule has 6 heteroatoms. The fourth-order valence-corrected chi connectivity index (χ4v) is 2.42. The highest BCUT2D eigenvalue weighted by Crippen LogP contribution is 2.36. The number of benzene rings is 2. The number of hydrogen-bond acceptors (Lipinski definition) is 3. The molecule has 3 nitrogen and oxygen atoms in total. The monoisotopic (exact) mass is 320 g/mol. The molecule has 0 unspecified atom stereocenters. The van der Waals surface area contributed by atoms with Gasteiger partial charge in [0.2, 0.25) is 0 Å². The Labute approximate surface area is 130 Å². The van der Waals surface area contributed by atoms with Crippen LogP contribution in [0, 0.1) is 17.5 Å². The van der Waals surface area contributed by atoms with Gasteiger partial charge in [0.1, 0.15) is 18.2 Å². The van der Waals surface area contributed by atoms with Crippen LogP contribution in [-0.2, 0) is 4.74 Å². The molecule has 23 heavy (non-hydrogen) atoms. The first-order valence-corrected chi connectivity index (χ1v) is 6.72. The number of carbonyl (C=O) groups is 1. The van der Waals surface area contributed by atoms with Crippen LogP contribution in [-0.4, -0.2) is 19.7 Å². The van der Waals surface area contributed by atoms with Gasteiger partial charge in [0.05, 0.1) is 12.7 Å². The van der Waals surface area contributed by atoms with Crippen LogP contribution >= 0.6 is 0 Å². The number of esters is 1. The van der Waals surface area contributed by atoms with Gasteiger partial charge in [0.25, 0.3) is 0 Å². The summed E-state index contributed by atoms with van der Waals surface area (Å²) in [4.78, 5) is 11.6. The molecule has 0 bridgehead atoms. The number of methoxy groups -OCH3 is 1. The van der Waals surface area contributed by atoms with Crippen LogP contribution in [0.2, 0.25) is 0 Å². The van der Waals surface area contributed by atoms with Crippen molar-refractivity contribution in [3.63, 3.8) is 0 Å². The summed E-state index contributed by atoms with van der Waals surface area (Å²) in [5, 5.41) is 0. The Balaban J connectivity index is 2.15. The summed E-state index contributed by atoms with van der Waals surface area (Å²) in [6.07, 6.45) is 1.54. The molecule has 0 aromatic heterocycles. The lowest BCUT2D eigenvalue weighted by molar-refractivity contribution is 0.0600. The maximum absolute atomic E-state index is 14.1. The van der Waals surface area contributed by atoms with Crippen LogP contribution < -0.4 is 4.74 Å². The zero-order chi connectivity index (χ0) is 16.6. The quantitative estimate of drug-likeness (QED) is 0.625. The van der Waals surface area contributed by atoms with Crippen LogP contribution in [0.15, 0.2) is 36.4 Å². The molecule has 118 valence electrons. The molecule has 0 fully saturated rings. The highest BCUT2D eigenvalue weighted by molar-refractivity contribution is 5.93. The van der Waals surface area contributed by atoms with Crippen molar-refractivity contribution in [2.75, 3.05) is 13.7 Å². The topological polar surface area (TPSA) is 35.5 Å². The van der Waals surface area contributed by atoms with Gasteiger partial charge in [-0.2, -0.15) is 0 Å².